The minimum Gasteiger partial charge on any atom is -0.310 e. The Hall–Kier alpha value is -6.70. The van der Waals surface area contributed by atoms with Gasteiger partial charge < -0.3 is 4.90 Å². The van der Waals surface area contributed by atoms with Crippen molar-refractivity contribution in [1.29, 1.82) is 0 Å². The second-order valence-electron chi connectivity index (χ2n) is 13.0. The van der Waals surface area contributed by atoms with Crippen LogP contribution in [0.2, 0.25) is 0 Å². The molecule has 0 bridgehead atoms. The van der Waals surface area contributed by atoms with E-state index in [1.807, 2.05) is 0 Å². The van der Waals surface area contributed by atoms with E-state index in [0.29, 0.717) is 0 Å². The summed E-state index contributed by atoms with van der Waals surface area (Å²) in [5.41, 5.74) is 12.9. The Kier molecular flexibility index (Phi) is 7.92. The van der Waals surface area contributed by atoms with Crippen LogP contribution in [0.3, 0.4) is 0 Å². The largest absolute Gasteiger partial charge is 0.310 e. The Balaban J connectivity index is 1.24. The van der Waals surface area contributed by atoms with Gasteiger partial charge in [0.1, 0.15) is 0 Å². The number of fused-ring (bicyclic) bond motifs is 2. The number of rotatable bonds is 7. The molecule has 51 heavy (non-hydrogen) atoms. The monoisotopic (exact) mass is 649 g/mol. The van der Waals surface area contributed by atoms with Gasteiger partial charge in [0.05, 0.1) is 5.69 Å². The van der Waals surface area contributed by atoms with Crippen molar-refractivity contribution in [1.82, 2.24) is 0 Å². The SMILES string of the molecule is c1ccc(-c2cccc(-c3ccc(N(c4ccccc4)c4cc(-c5cccc6ccccc56)ccc4-c4cccc5ccccc45)cc3)c2)cc1. The number of anilines is 3. The number of para-hydroxylation sites is 1. The molecule has 9 aromatic carbocycles. The van der Waals surface area contributed by atoms with Gasteiger partial charge in [0.2, 0.25) is 0 Å². The molecule has 0 aliphatic rings. The summed E-state index contributed by atoms with van der Waals surface area (Å²) in [5, 5.41) is 4.95. The highest BCUT2D eigenvalue weighted by Gasteiger charge is 2.20. The van der Waals surface area contributed by atoms with Gasteiger partial charge in [-0.3, -0.25) is 0 Å². The van der Waals surface area contributed by atoms with Gasteiger partial charge in [0.25, 0.3) is 0 Å². The lowest BCUT2D eigenvalue weighted by atomic mass is 9.92. The molecule has 0 N–H and O–H groups in total. The Morgan fingerprint density at radius 3 is 1.41 bits per heavy atom. The number of hydrogen-bond donors (Lipinski definition) is 0. The van der Waals surface area contributed by atoms with E-state index in [1.54, 1.807) is 0 Å². The van der Waals surface area contributed by atoms with Crippen LogP contribution in [0.5, 0.6) is 0 Å². The molecule has 0 amide bonds. The summed E-state index contributed by atoms with van der Waals surface area (Å²) in [6.45, 7) is 0. The van der Waals surface area contributed by atoms with Crippen LogP contribution in [0.15, 0.2) is 212 Å². The highest BCUT2D eigenvalue weighted by molar-refractivity contribution is 6.04. The minimum absolute atomic E-state index is 1.10. The van der Waals surface area contributed by atoms with E-state index in [4.69, 9.17) is 0 Å². The van der Waals surface area contributed by atoms with Crippen LogP contribution in [-0.2, 0) is 0 Å². The molecule has 0 saturated heterocycles. The highest BCUT2D eigenvalue weighted by Crippen LogP contribution is 2.45. The van der Waals surface area contributed by atoms with Crippen LogP contribution in [0.4, 0.5) is 17.1 Å². The second-order valence-corrected chi connectivity index (χ2v) is 13.0. The van der Waals surface area contributed by atoms with Crippen LogP contribution < -0.4 is 4.90 Å². The lowest BCUT2D eigenvalue weighted by Crippen LogP contribution is -2.11. The first-order chi connectivity index (χ1) is 25.3. The molecule has 0 heterocycles. The van der Waals surface area contributed by atoms with Crippen molar-refractivity contribution in [3.8, 4) is 44.5 Å². The van der Waals surface area contributed by atoms with Crippen LogP contribution >= 0.6 is 0 Å². The van der Waals surface area contributed by atoms with E-state index >= 15 is 0 Å². The van der Waals surface area contributed by atoms with Crippen molar-refractivity contribution < 1.29 is 0 Å². The Labute approximate surface area is 299 Å². The topological polar surface area (TPSA) is 3.24 Å². The summed E-state index contributed by atoms with van der Waals surface area (Å²) in [4.78, 5) is 2.41. The summed E-state index contributed by atoms with van der Waals surface area (Å²) in [5.74, 6) is 0. The Morgan fingerprint density at radius 2 is 0.725 bits per heavy atom. The molecule has 0 spiro atoms. The van der Waals surface area contributed by atoms with E-state index in [1.165, 1.54) is 66.1 Å². The third-order valence-corrected chi connectivity index (χ3v) is 9.86. The zero-order chi connectivity index (χ0) is 34.0. The Bertz CT molecular complexity index is 2610. The molecule has 0 fully saturated rings. The second kappa shape index (κ2) is 13.3. The fourth-order valence-electron chi connectivity index (χ4n) is 7.37. The van der Waals surface area contributed by atoms with Crippen LogP contribution in [-0.4, -0.2) is 0 Å². The smallest absolute Gasteiger partial charge is 0.0546 e. The molecule has 0 atom stereocenters. The van der Waals surface area contributed by atoms with Gasteiger partial charge >= 0.3 is 0 Å². The van der Waals surface area contributed by atoms with Gasteiger partial charge in [-0.1, -0.05) is 176 Å². The predicted molar refractivity (Wildman–Crippen MR) is 218 cm³/mol. The van der Waals surface area contributed by atoms with Crippen molar-refractivity contribution in [2.45, 2.75) is 0 Å². The first-order valence-electron chi connectivity index (χ1n) is 17.5. The third-order valence-electron chi connectivity index (χ3n) is 9.86. The van der Waals surface area contributed by atoms with Gasteiger partial charge in [-0.05, 0) is 96.9 Å². The third kappa shape index (κ3) is 5.86. The fourth-order valence-corrected chi connectivity index (χ4v) is 7.37. The molecule has 0 aromatic heterocycles. The summed E-state index contributed by atoms with van der Waals surface area (Å²) < 4.78 is 0. The number of hydrogen-bond acceptors (Lipinski definition) is 1. The van der Waals surface area contributed by atoms with E-state index < -0.39 is 0 Å². The van der Waals surface area contributed by atoms with Gasteiger partial charge in [-0.2, -0.15) is 0 Å². The minimum atomic E-state index is 1.10. The molecule has 0 unspecified atom stereocenters. The molecule has 9 rings (SSSR count). The standard InChI is InChI=1S/C50H35N/c1-3-14-36(15-4-1)40-20-11-21-41(34-40)37-28-31-44(32-29-37)51(43-22-5-2-6-23-43)50-35-42(47-26-12-18-38-16-7-9-24-45(38)47)30-33-49(50)48-27-13-19-39-17-8-10-25-46(39)48/h1-35H. The van der Waals surface area contributed by atoms with Gasteiger partial charge in [-0.15, -0.1) is 0 Å². The molecule has 0 aliphatic carbocycles. The zero-order valence-electron chi connectivity index (χ0n) is 28.2. The first-order valence-corrected chi connectivity index (χ1v) is 17.5. The summed E-state index contributed by atoms with van der Waals surface area (Å²) in [6.07, 6.45) is 0. The van der Waals surface area contributed by atoms with Crippen molar-refractivity contribution in [3.05, 3.63) is 212 Å². The zero-order valence-corrected chi connectivity index (χ0v) is 28.2. The average Bonchev–Trinajstić information content (AvgIpc) is 3.21. The maximum Gasteiger partial charge on any atom is 0.0546 e. The summed E-state index contributed by atoms with van der Waals surface area (Å²) >= 11 is 0. The van der Waals surface area contributed by atoms with Crippen LogP contribution in [0, 0.1) is 0 Å². The van der Waals surface area contributed by atoms with Gasteiger partial charge in [0.15, 0.2) is 0 Å². The summed E-state index contributed by atoms with van der Waals surface area (Å²) in [6, 6.07) is 76.7. The van der Waals surface area contributed by atoms with E-state index in [-0.39, 0.29) is 0 Å². The van der Waals surface area contributed by atoms with Crippen molar-refractivity contribution in [3.63, 3.8) is 0 Å². The molecule has 0 aliphatic heterocycles. The maximum absolute atomic E-state index is 2.41. The molecular weight excluding hydrogens is 615 g/mol. The van der Waals surface area contributed by atoms with Crippen LogP contribution in [0.25, 0.3) is 66.1 Å². The fraction of sp³-hybridized carbons (Fsp3) is 0. The summed E-state index contributed by atoms with van der Waals surface area (Å²) in [7, 11) is 0. The van der Waals surface area contributed by atoms with E-state index in [2.05, 4.69) is 217 Å². The van der Waals surface area contributed by atoms with E-state index in [0.717, 1.165) is 17.1 Å². The molecule has 1 nitrogen and oxygen atoms in total. The highest BCUT2D eigenvalue weighted by atomic mass is 15.1. The van der Waals surface area contributed by atoms with Gasteiger partial charge in [-0.25, -0.2) is 0 Å². The van der Waals surface area contributed by atoms with E-state index in [9.17, 15) is 0 Å². The molecular formula is C50H35N. The molecule has 0 radical (unpaired) electrons. The van der Waals surface area contributed by atoms with Crippen LogP contribution in [0.1, 0.15) is 0 Å². The number of nitrogens with zero attached hydrogens (tertiary/aromatic N) is 1. The normalized spacial score (nSPS) is 11.1. The van der Waals surface area contributed by atoms with Gasteiger partial charge in [0, 0.05) is 16.9 Å². The molecule has 240 valence electrons. The average molecular weight is 650 g/mol. The lowest BCUT2D eigenvalue weighted by Gasteiger charge is -2.29. The first kappa shape index (κ1) is 30.4. The molecule has 1 heteroatoms. The van der Waals surface area contributed by atoms with Crippen molar-refractivity contribution in [2.75, 3.05) is 4.90 Å². The lowest BCUT2D eigenvalue weighted by molar-refractivity contribution is 1.28. The maximum atomic E-state index is 2.41. The predicted octanol–water partition coefficient (Wildman–Crippen LogP) is 14.1. The molecule has 9 aromatic rings. The number of benzene rings is 9. The molecule has 0 saturated carbocycles. The van der Waals surface area contributed by atoms with Crippen molar-refractivity contribution in [2.24, 2.45) is 0 Å². The van der Waals surface area contributed by atoms with Crippen molar-refractivity contribution >= 4 is 38.6 Å². The Morgan fingerprint density at radius 1 is 0.255 bits per heavy atom. The quantitative estimate of drug-likeness (QED) is 0.166.